The molecular weight excluding hydrogens is 775 g/mol. The van der Waals surface area contributed by atoms with Gasteiger partial charge in [-0.25, -0.2) is 4.98 Å². The van der Waals surface area contributed by atoms with Gasteiger partial charge in [-0.1, -0.05) is 183 Å². The smallest absolute Gasteiger partial charge is 0.277 e. The number of imidazole rings is 1. The molecule has 0 unspecified atom stereocenters. The van der Waals surface area contributed by atoms with Crippen LogP contribution in [0.25, 0.3) is 17.1 Å². The maximum Gasteiger partial charge on any atom is 0.277 e. The zero-order valence-electron chi connectivity index (χ0n) is 41.1. The average molecular weight is 843 g/mol. The van der Waals surface area contributed by atoms with Gasteiger partial charge in [0.2, 0.25) is 0 Å². The number of rotatable bonds is 4. The van der Waals surface area contributed by atoms with E-state index in [9.17, 15) is 0 Å². The quantitative estimate of drug-likeness (QED) is 0.165. The van der Waals surface area contributed by atoms with Crippen molar-refractivity contribution in [3.63, 3.8) is 0 Å². The van der Waals surface area contributed by atoms with E-state index in [0.717, 1.165) is 39.9 Å². The lowest BCUT2D eigenvalue weighted by molar-refractivity contribution is 0.568. The molecule has 5 heteroatoms. The third kappa shape index (κ3) is 7.49. The summed E-state index contributed by atoms with van der Waals surface area (Å²) in [6.07, 6.45) is 0. The number of para-hydroxylation sites is 1. The summed E-state index contributed by atoms with van der Waals surface area (Å²) in [6.45, 7) is 34.6. The van der Waals surface area contributed by atoms with Crippen molar-refractivity contribution in [1.29, 1.82) is 0 Å². The Morgan fingerprint density at radius 3 is 1.42 bits per heavy atom. The Hall–Kier alpha value is -5.81. The minimum Gasteiger partial charge on any atom is -0.311 e. The molecule has 2 aliphatic heterocycles. The number of hydrogen-bond acceptors (Lipinski definition) is 3. The molecule has 0 N–H and O–H groups in total. The Morgan fingerprint density at radius 2 is 0.891 bits per heavy atom. The molecule has 0 aliphatic carbocycles. The summed E-state index contributed by atoms with van der Waals surface area (Å²) in [7, 11) is 0. The van der Waals surface area contributed by atoms with Crippen LogP contribution in [0.5, 0.6) is 0 Å². The fourth-order valence-corrected chi connectivity index (χ4v) is 9.59. The largest absolute Gasteiger partial charge is 0.311 e. The lowest BCUT2D eigenvalue weighted by Gasteiger charge is -2.43. The molecule has 0 bridgehead atoms. The molecule has 3 heterocycles. The molecule has 0 fully saturated rings. The average Bonchev–Trinajstić information content (AvgIpc) is 3.62. The molecular formula is C59H67BN4. The van der Waals surface area contributed by atoms with Crippen molar-refractivity contribution in [2.75, 3.05) is 9.80 Å². The molecule has 0 saturated carbocycles. The van der Waals surface area contributed by atoms with Crippen LogP contribution in [0.15, 0.2) is 133 Å². The maximum absolute atomic E-state index is 5.96. The van der Waals surface area contributed by atoms with Gasteiger partial charge >= 0.3 is 0 Å². The van der Waals surface area contributed by atoms with Crippen molar-refractivity contribution in [1.82, 2.24) is 9.55 Å². The summed E-state index contributed by atoms with van der Waals surface area (Å²) >= 11 is 0. The van der Waals surface area contributed by atoms with Gasteiger partial charge in [0.1, 0.15) is 11.6 Å². The van der Waals surface area contributed by atoms with Gasteiger partial charge in [-0.15, -0.1) is 0 Å². The molecule has 0 saturated heterocycles. The number of anilines is 6. The molecule has 0 spiro atoms. The Kier molecular flexibility index (Phi) is 10.1. The van der Waals surface area contributed by atoms with E-state index in [0.29, 0.717) is 0 Å². The van der Waals surface area contributed by atoms with Crippen molar-refractivity contribution < 1.29 is 0 Å². The van der Waals surface area contributed by atoms with E-state index in [2.05, 4.69) is 252 Å². The monoisotopic (exact) mass is 843 g/mol. The lowest BCUT2D eigenvalue weighted by atomic mass is 9.35. The van der Waals surface area contributed by atoms with Crippen LogP contribution >= 0.6 is 0 Å². The SMILES string of the molecule is CC(C)(C)c1ccc(-c2nc3c(n2-c2ccccc2)N(c2cc(C(C)(C)C)cc(C(C)(C)C)c2)c2cccc4c2B3c2cc(C(C)(C)C)ccc2N4c2ccc(C(C)(C)C)cc2)cc1. The van der Waals surface area contributed by atoms with Crippen LogP contribution < -0.4 is 26.3 Å². The normalized spacial score (nSPS) is 14.1. The minimum atomic E-state index is -0.134. The highest BCUT2D eigenvalue weighted by molar-refractivity contribution is 7.00. The maximum atomic E-state index is 5.96. The number of benzene rings is 6. The van der Waals surface area contributed by atoms with Crippen molar-refractivity contribution in [3.05, 3.63) is 161 Å². The van der Waals surface area contributed by atoms with Gasteiger partial charge in [0.05, 0.1) is 5.59 Å². The standard InChI is InChI=1S/C59H67BN4/c1-55(2,3)39-26-24-38(25-27-39)53-61-52-54(64(53)44-20-17-16-18-21-44)63(46-35-42(58(10,11)12)34-43(36-46)59(13,14)15)50-23-19-22-49-51(50)60(52)47-37-41(57(7,8)9)30-33-48(47)62(49)45-31-28-40(29-32-45)56(4,5)6/h16-37H,1-15H3. The number of fused-ring (bicyclic) bond motifs is 4. The fourth-order valence-electron chi connectivity index (χ4n) is 9.59. The number of aromatic nitrogens is 2. The Labute approximate surface area is 384 Å². The number of hydrogen-bond donors (Lipinski definition) is 0. The lowest BCUT2D eigenvalue weighted by Crippen LogP contribution is -2.62. The predicted molar refractivity (Wildman–Crippen MR) is 277 cm³/mol. The van der Waals surface area contributed by atoms with E-state index in [-0.39, 0.29) is 33.8 Å². The Bertz CT molecular complexity index is 2850. The summed E-state index contributed by atoms with van der Waals surface area (Å²) in [4.78, 5) is 11.0. The van der Waals surface area contributed by atoms with Gasteiger partial charge in [0.25, 0.3) is 6.71 Å². The molecule has 0 radical (unpaired) electrons. The van der Waals surface area contributed by atoms with Gasteiger partial charge in [0, 0.05) is 39.7 Å². The van der Waals surface area contributed by atoms with Gasteiger partial charge in [-0.05, 0) is 120 Å². The van der Waals surface area contributed by atoms with Crippen LogP contribution in [0.1, 0.15) is 132 Å². The van der Waals surface area contributed by atoms with Crippen molar-refractivity contribution in [2.24, 2.45) is 0 Å². The summed E-state index contributed by atoms with van der Waals surface area (Å²) in [5.74, 6) is 2.02. The first-order valence-corrected chi connectivity index (χ1v) is 23.3. The van der Waals surface area contributed by atoms with Crippen molar-refractivity contribution in [2.45, 2.75) is 131 Å². The second-order valence-corrected chi connectivity index (χ2v) is 23.5. The summed E-state index contributed by atoms with van der Waals surface area (Å²) in [5, 5.41) is 0. The van der Waals surface area contributed by atoms with E-state index >= 15 is 0 Å². The van der Waals surface area contributed by atoms with Crippen LogP contribution in [-0.4, -0.2) is 16.3 Å². The molecule has 0 atom stereocenters. The third-order valence-electron chi connectivity index (χ3n) is 13.6. The Morgan fingerprint density at radius 1 is 0.391 bits per heavy atom. The predicted octanol–water partition coefficient (Wildman–Crippen LogP) is 14.1. The van der Waals surface area contributed by atoms with Gasteiger partial charge < -0.3 is 4.90 Å². The first-order chi connectivity index (χ1) is 29.9. The topological polar surface area (TPSA) is 24.3 Å². The highest BCUT2D eigenvalue weighted by Gasteiger charge is 2.47. The van der Waals surface area contributed by atoms with Gasteiger partial charge in [-0.3, -0.25) is 9.47 Å². The zero-order valence-corrected chi connectivity index (χ0v) is 41.1. The molecule has 1 aromatic heterocycles. The van der Waals surface area contributed by atoms with E-state index in [1.165, 1.54) is 55.8 Å². The molecule has 6 aromatic carbocycles. The van der Waals surface area contributed by atoms with Crippen molar-refractivity contribution in [3.8, 4) is 17.1 Å². The van der Waals surface area contributed by atoms with Crippen LogP contribution in [0.2, 0.25) is 0 Å². The molecule has 64 heavy (non-hydrogen) atoms. The van der Waals surface area contributed by atoms with E-state index in [1.54, 1.807) is 0 Å². The van der Waals surface area contributed by atoms with Gasteiger partial charge in [0.15, 0.2) is 0 Å². The zero-order chi connectivity index (χ0) is 45.9. The second kappa shape index (κ2) is 14.9. The van der Waals surface area contributed by atoms with Crippen LogP contribution in [0, 0.1) is 0 Å². The van der Waals surface area contributed by atoms with E-state index < -0.39 is 0 Å². The fraction of sp³-hybridized carbons (Fsp3) is 0.339. The minimum absolute atomic E-state index is 0.0276. The molecule has 2 aliphatic rings. The molecule has 9 rings (SSSR count). The summed E-state index contributed by atoms with van der Waals surface area (Å²) in [6, 6.07) is 50.8. The molecule has 326 valence electrons. The Balaban J connectivity index is 1.43. The summed E-state index contributed by atoms with van der Waals surface area (Å²) in [5.41, 5.74) is 18.1. The summed E-state index contributed by atoms with van der Waals surface area (Å²) < 4.78 is 2.45. The van der Waals surface area contributed by atoms with Gasteiger partial charge in [-0.2, -0.15) is 0 Å². The van der Waals surface area contributed by atoms with Crippen LogP contribution in [0.3, 0.4) is 0 Å². The highest BCUT2D eigenvalue weighted by Crippen LogP contribution is 2.48. The van der Waals surface area contributed by atoms with E-state index in [4.69, 9.17) is 4.98 Å². The van der Waals surface area contributed by atoms with E-state index in [1.807, 2.05) is 0 Å². The number of nitrogens with zero attached hydrogens (tertiary/aromatic N) is 4. The second-order valence-electron chi connectivity index (χ2n) is 23.5. The van der Waals surface area contributed by atoms with Crippen LogP contribution in [-0.2, 0) is 27.1 Å². The third-order valence-corrected chi connectivity index (χ3v) is 13.6. The molecule has 4 nitrogen and oxygen atoms in total. The van der Waals surface area contributed by atoms with Crippen molar-refractivity contribution >= 4 is 57.5 Å². The molecule has 7 aromatic rings. The molecule has 0 amide bonds. The van der Waals surface area contributed by atoms with Crippen LogP contribution in [0.4, 0.5) is 34.3 Å². The first kappa shape index (κ1) is 43.4. The highest BCUT2D eigenvalue weighted by atomic mass is 15.3. The first-order valence-electron chi connectivity index (χ1n) is 23.3.